The molecule has 1 aromatic carbocycles. The van der Waals surface area contributed by atoms with Gasteiger partial charge in [0.15, 0.2) is 0 Å². The monoisotopic (exact) mass is 517 g/mol. The zero-order chi connectivity index (χ0) is 26.9. The Kier molecular flexibility index (Phi) is 6.23. The van der Waals surface area contributed by atoms with Crippen molar-refractivity contribution in [1.29, 1.82) is 0 Å². The van der Waals surface area contributed by atoms with Gasteiger partial charge in [-0.15, -0.1) is 0 Å². The molecule has 1 N–H and O–H groups in total. The van der Waals surface area contributed by atoms with Gasteiger partial charge in [0.05, 0.1) is 23.0 Å². The lowest BCUT2D eigenvalue weighted by atomic mass is 9.68. The van der Waals surface area contributed by atoms with Crippen molar-refractivity contribution in [2.24, 2.45) is 5.41 Å². The molecule has 3 unspecified atom stereocenters. The molecule has 37 heavy (non-hydrogen) atoms. The topological polar surface area (TPSA) is 68.7 Å². The highest BCUT2D eigenvalue weighted by molar-refractivity contribution is 5.67. The van der Waals surface area contributed by atoms with E-state index in [2.05, 4.69) is 0 Å². The van der Waals surface area contributed by atoms with E-state index in [1.165, 1.54) is 19.1 Å². The van der Waals surface area contributed by atoms with Crippen LogP contribution in [0.4, 0.5) is 13.2 Å². The molecule has 0 saturated heterocycles. The summed E-state index contributed by atoms with van der Waals surface area (Å²) in [6.07, 6.45) is -2.70. The molecule has 2 aromatic rings. The fraction of sp³-hybridized carbons (Fsp3) is 0.586. The van der Waals surface area contributed by atoms with E-state index in [1.807, 2.05) is 27.7 Å². The maximum absolute atomic E-state index is 13.3. The molecule has 2 heterocycles. The smallest absolute Gasteiger partial charge is 0.416 e. The molecule has 200 valence electrons. The standard InChI is InChI=1S/C29H34F3NO4/c1-15(2)23-21-22(20-19(35)14-27(4,5)26(24(20)33-23)36-16(3)34)28(12-6-7-13-28)37-25(21)17-8-10-18(11-9-17)29(30,31)32/h8-11,15,19,25-26,35H,6-7,12-14H2,1-5H3. The van der Waals surface area contributed by atoms with Gasteiger partial charge in [-0.25, -0.2) is 0 Å². The minimum Gasteiger partial charge on any atom is -0.455 e. The number of fused-ring (bicyclic) bond motifs is 4. The number of aromatic nitrogens is 1. The van der Waals surface area contributed by atoms with Crippen molar-refractivity contribution < 1.29 is 32.5 Å². The molecule has 0 amide bonds. The van der Waals surface area contributed by atoms with E-state index >= 15 is 0 Å². The third-order valence-electron chi connectivity index (χ3n) is 8.19. The number of carbonyl (C=O) groups excluding carboxylic acids is 1. The summed E-state index contributed by atoms with van der Waals surface area (Å²) in [5, 5.41) is 11.5. The van der Waals surface area contributed by atoms with Crippen molar-refractivity contribution in [2.45, 2.75) is 103 Å². The van der Waals surface area contributed by atoms with Crippen molar-refractivity contribution in [2.75, 3.05) is 0 Å². The molecule has 3 atom stereocenters. The fourth-order valence-corrected chi connectivity index (χ4v) is 6.58. The van der Waals surface area contributed by atoms with Crippen LogP contribution in [0.25, 0.3) is 0 Å². The number of esters is 1. The number of aliphatic hydroxyl groups is 1. The van der Waals surface area contributed by atoms with Crippen LogP contribution in [0, 0.1) is 5.41 Å². The van der Waals surface area contributed by atoms with E-state index in [9.17, 15) is 23.1 Å². The van der Waals surface area contributed by atoms with Crippen LogP contribution in [-0.4, -0.2) is 16.1 Å². The number of benzene rings is 1. The molecule has 3 aliphatic rings. The third kappa shape index (κ3) is 4.26. The summed E-state index contributed by atoms with van der Waals surface area (Å²) < 4.78 is 52.4. The van der Waals surface area contributed by atoms with Gasteiger partial charge in [-0.05, 0) is 48.4 Å². The van der Waals surface area contributed by atoms with Crippen LogP contribution in [0.1, 0.15) is 130 Å². The maximum Gasteiger partial charge on any atom is 0.416 e. The van der Waals surface area contributed by atoms with Crippen LogP contribution in [0.15, 0.2) is 24.3 Å². The molecule has 1 aromatic heterocycles. The number of hydrogen-bond acceptors (Lipinski definition) is 5. The zero-order valence-corrected chi connectivity index (χ0v) is 21.9. The molecule has 1 fully saturated rings. The van der Waals surface area contributed by atoms with E-state index in [0.717, 1.165) is 54.6 Å². The van der Waals surface area contributed by atoms with Crippen LogP contribution in [0.2, 0.25) is 0 Å². The lowest BCUT2D eigenvalue weighted by Crippen LogP contribution is -2.37. The summed E-state index contributed by atoms with van der Waals surface area (Å²) in [4.78, 5) is 17.2. The van der Waals surface area contributed by atoms with Gasteiger partial charge in [0.2, 0.25) is 0 Å². The highest BCUT2D eigenvalue weighted by Gasteiger charge is 2.55. The Balaban J connectivity index is 1.77. The van der Waals surface area contributed by atoms with Crippen molar-refractivity contribution in [1.82, 2.24) is 4.98 Å². The molecule has 1 aliphatic heterocycles. The molecule has 8 heteroatoms. The number of hydrogen-bond donors (Lipinski definition) is 1. The summed E-state index contributed by atoms with van der Waals surface area (Å²) in [7, 11) is 0. The molecule has 5 rings (SSSR count). The first-order chi connectivity index (χ1) is 17.2. The van der Waals surface area contributed by atoms with Crippen LogP contribution < -0.4 is 0 Å². The molecule has 0 radical (unpaired) electrons. The molecule has 0 bridgehead atoms. The predicted octanol–water partition coefficient (Wildman–Crippen LogP) is 7.18. The minimum atomic E-state index is -4.42. The van der Waals surface area contributed by atoms with Gasteiger partial charge < -0.3 is 14.6 Å². The fourth-order valence-electron chi connectivity index (χ4n) is 6.58. The second-order valence-electron chi connectivity index (χ2n) is 11.8. The number of nitrogens with zero attached hydrogens (tertiary/aromatic N) is 1. The van der Waals surface area contributed by atoms with Gasteiger partial charge >= 0.3 is 12.1 Å². The second-order valence-corrected chi connectivity index (χ2v) is 11.8. The third-order valence-corrected chi connectivity index (χ3v) is 8.19. The van der Waals surface area contributed by atoms with Crippen molar-refractivity contribution in [3.63, 3.8) is 0 Å². The number of ether oxygens (including phenoxy) is 2. The zero-order valence-electron chi connectivity index (χ0n) is 21.9. The van der Waals surface area contributed by atoms with Crippen molar-refractivity contribution in [3.8, 4) is 0 Å². The summed E-state index contributed by atoms with van der Waals surface area (Å²) in [6.45, 7) is 9.33. The van der Waals surface area contributed by atoms with Crippen LogP contribution in [-0.2, 0) is 26.0 Å². The van der Waals surface area contributed by atoms with Gasteiger partial charge in [0, 0.05) is 29.2 Å². The summed E-state index contributed by atoms with van der Waals surface area (Å²) in [5.74, 6) is -0.445. The normalized spacial score (nSPS) is 25.8. The number of aliphatic hydroxyl groups excluding tert-OH is 1. The Bertz CT molecular complexity index is 1210. The number of rotatable bonds is 3. The van der Waals surface area contributed by atoms with Gasteiger partial charge in [0.25, 0.3) is 0 Å². The van der Waals surface area contributed by atoms with Gasteiger partial charge in [-0.2, -0.15) is 13.2 Å². The van der Waals surface area contributed by atoms with Crippen LogP contribution >= 0.6 is 0 Å². The Morgan fingerprint density at radius 1 is 1.14 bits per heavy atom. The summed E-state index contributed by atoms with van der Waals surface area (Å²) in [6, 6.07) is 5.14. The molecular weight excluding hydrogens is 483 g/mol. The lowest BCUT2D eigenvalue weighted by molar-refractivity contribution is -0.156. The van der Waals surface area contributed by atoms with Crippen molar-refractivity contribution in [3.05, 3.63) is 63.5 Å². The van der Waals surface area contributed by atoms with Crippen LogP contribution in [0.3, 0.4) is 0 Å². The second kappa shape index (κ2) is 8.80. The van der Waals surface area contributed by atoms with E-state index in [-0.39, 0.29) is 5.92 Å². The summed E-state index contributed by atoms with van der Waals surface area (Å²) >= 11 is 0. The Hall–Kier alpha value is -2.45. The Morgan fingerprint density at radius 2 is 1.76 bits per heavy atom. The average molecular weight is 518 g/mol. The van der Waals surface area contributed by atoms with Gasteiger partial charge in [-0.3, -0.25) is 9.78 Å². The first-order valence-corrected chi connectivity index (χ1v) is 13.0. The summed E-state index contributed by atoms with van der Waals surface area (Å²) in [5.41, 5.74) is 2.48. The number of carbonyl (C=O) groups is 1. The Labute approximate surface area is 215 Å². The molecular formula is C29H34F3NO4. The van der Waals surface area contributed by atoms with Crippen molar-refractivity contribution >= 4 is 5.97 Å². The molecule has 1 saturated carbocycles. The van der Waals surface area contributed by atoms with E-state index in [0.29, 0.717) is 23.2 Å². The average Bonchev–Trinajstić information content (AvgIpc) is 3.40. The SMILES string of the molecule is CC(=O)OC1c2nc(C(C)C)c3c(c2C(O)CC1(C)C)C1(CCCC1)OC3c1ccc(C(F)(F)F)cc1. The largest absolute Gasteiger partial charge is 0.455 e. The van der Waals surface area contributed by atoms with Crippen LogP contribution in [0.5, 0.6) is 0 Å². The van der Waals surface area contributed by atoms with Gasteiger partial charge in [-0.1, -0.05) is 52.7 Å². The first-order valence-electron chi connectivity index (χ1n) is 13.0. The van der Waals surface area contributed by atoms with E-state index in [1.54, 1.807) is 0 Å². The lowest BCUT2D eigenvalue weighted by Gasteiger charge is -2.42. The quantitative estimate of drug-likeness (QED) is 0.437. The minimum absolute atomic E-state index is 0.0312. The number of alkyl halides is 3. The number of halogens is 3. The number of pyridine rings is 1. The molecule has 1 spiro atoms. The van der Waals surface area contributed by atoms with E-state index in [4.69, 9.17) is 14.5 Å². The predicted molar refractivity (Wildman–Crippen MR) is 131 cm³/mol. The Morgan fingerprint density at radius 3 is 2.30 bits per heavy atom. The van der Waals surface area contributed by atoms with E-state index < -0.39 is 47.0 Å². The highest BCUT2D eigenvalue weighted by atomic mass is 19.4. The highest BCUT2D eigenvalue weighted by Crippen LogP contribution is 2.61. The maximum atomic E-state index is 13.3. The molecule has 5 nitrogen and oxygen atoms in total. The van der Waals surface area contributed by atoms with Gasteiger partial charge in [0.1, 0.15) is 12.2 Å². The first kappa shape index (κ1) is 26.2. The molecule has 2 aliphatic carbocycles.